The van der Waals surface area contributed by atoms with Crippen LogP contribution in [0.15, 0.2) is 12.2 Å². The van der Waals surface area contributed by atoms with Crippen molar-refractivity contribution in [2.75, 3.05) is 0 Å². The molecule has 116 valence electrons. The van der Waals surface area contributed by atoms with Gasteiger partial charge in [0.25, 0.3) is 0 Å². The van der Waals surface area contributed by atoms with Crippen LogP contribution in [0.4, 0.5) is 4.39 Å². The molecule has 20 heavy (non-hydrogen) atoms. The number of carbonyl (C=O) groups excluding carboxylic acids is 2. The summed E-state index contributed by atoms with van der Waals surface area (Å²) in [7, 11) is 0. The van der Waals surface area contributed by atoms with Crippen molar-refractivity contribution in [2.24, 2.45) is 5.92 Å². The highest BCUT2D eigenvalue weighted by atomic mass is 19.1. The number of alkyl halides is 1. The third kappa shape index (κ3) is 9.70. The van der Waals surface area contributed by atoms with Crippen LogP contribution in [0.1, 0.15) is 59.3 Å². The van der Waals surface area contributed by atoms with Gasteiger partial charge in [0.1, 0.15) is 12.5 Å². The van der Waals surface area contributed by atoms with Crippen LogP contribution >= 0.6 is 0 Å². The van der Waals surface area contributed by atoms with Gasteiger partial charge in [-0.05, 0) is 52.9 Å². The number of hydrogen-bond donors (Lipinski definition) is 0. The fraction of sp³-hybridized carbons (Fsp3) is 0.750. The van der Waals surface area contributed by atoms with Crippen LogP contribution in [0.2, 0.25) is 0 Å². The van der Waals surface area contributed by atoms with E-state index < -0.39 is 6.17 Å². The van der Waals surface area contributed by atoms with E-state index in [9.17, 15) is 14.0 Å². The molecule has 1 aliphatic carbocycles. The molecule has 4 heteroatoms. The van der Waals surface area contributed by atoms with Gasteiger partial charge in [0.15, 0.2) is 0 Å². The lowest BCUT2D eigenvalue weighted by atomic mass is 10.1. The van der Waals surface area contributed by atoms with Gasteiger partial charge in [-0.15, -0.1) is 0 Å². The van der Waals surface area contributed by atoms with Gasteiger partial charge < -0.3 is 9.53 Å². The molecule has 0 radical (unpaired) electrons. The summed E-state index contributed by atoms with van der Waals surface area (Å²) in [5, 5.41) is 0. The molecule has 0 heterocycles. The number of hydrogen-bond acceptors (Lipinski definition) is 3. The Bertz CT molecular complexity index is 300. The summed E-state index contributed by atoms with van der Waals surface area (Å²) >= 11 is 0. The molecule has 0 aliphatic heterocycles. The molecule has 0 spiro atoms. The first-order chi connectivity index (χ1) is 9.51. The Balaban J connectivity index is 0.000000388. The highest BCUT2D eigenvalue weighted by Gasteiger charge is 2.25. The largest absolute Gasteiger partial charge is 0.463 e. The molecule has 0 bridgehead atoms. The van der Waals surface area contributed by atoms with Crippen molar-refractivity contribution < 1.29 is 18.7 Å². The normalized spacial score (nSPS) is 21.6. The predicted octanol–water partition coefficient (Wildman–Crippen LogP) is 4.01. The molecule has 0 aromatic carbocycles. The topological polar surface area (TPSA) is 43.4 Å². The first-order valence-corrected chi connectivity index (χ1v) is 7.41. The van der Waals surface area contributed by atoms with Gasteiger partial charge in [-0.2, -0.15) is 0 Å². The Morgan fingerprint density at radius 1 is 1.40 bits per heavy atom. The van der Waals surface area contributed by atoms with Gasteiger partial charge in [0, 0.05) is 12.3 Å². The molecule has 1 rings (SSSR count). The Kier molecular flexibility index (Phi) is 10.9. The minimum absolute atomic E-state index is 0.0132. The molecule has 0 saturated heterocycles. The lowest BCUT2D eigenvalue weighted by Crippen LogP contribution is -2.10. The summed E-state index contributed by atoms with van der Waals surface area (Å²) < 4.78 is 17.3. The zero-order valence-corrected chi connectivity index (χ0v) is 12.8. The van der Waals surface area contributed by atoms with Gasteiger partial charge >= 0.3 is 5.97 Å². The highest BCUT2D eigenvalue weighted by molar-refractivity contribution is 5.69. The Morgan fingerprint density at radius 3 is 2.50 bits per heavy atom. The summed E-state index contributed by atoms with van der Waals surface area (Å²) in [6.07, 6.45) is 8.56. The standard InChI is InChI=1S/C10H18O2.C6H9FO/c1-4-5-6-7-8-10(11)12-9(2)3;7-6-3-1-2-5(6)4-8/h4-5,9H,6-8H2,1-3H3;4-6H,1-3H2/b5-4-;. The van der Waals surface area contributed by atoms with Crippen LogP contribution < -0.4 is 0 Å². The van der Waals surface area contributed by atoms with Crippen LogP contribution in [-0.2, 0) is 14.3 Å². The number of esters is 1. The number of allylic oxidation sites excluding steroid dienone is 2. The molecule has 0 aromatic heterocycles. The number of carbonyl (C=O) groups is 2. The molecule has 2 unspecified atom stereocenters. The van der Waals surface area contributed by atoms with Crippen molar-refractivity contribution >= 4 is 12.3 Å². The molecular formula is C16H27FO3. The molecular weight excluding hydrogens is 259 g/mol. The molecule has 1 aliphatic rings. The molecule has 1 fully saturated rings. The first kappa shape index (κ1) is 18.8. The van der Waals surface area contributed by atoms with Crippen LogP contribution in [0.5, 0.6) is 0 Å². The predicted molar refractivity (Wildman–Crippen MR) is 78.2 cm³/mol. The minimum Gasteiger partial charge on any atom is -0.463 e. The highest BCUT2D eigenvalue weighted by Crippen LogP contribution is 2.25. The van der Waals surface area contributed by atoms with E-state index in [0.717, 1.165) is 32.0 Å². The third-order valence-electron chi connectivity index (χ3n) is 3.01. The van der Waals surface area contributed by atoms with Crippen LogP contribution in [0.25, 0.3) is 0 Å². The SMILES string of the molecule is C/C=C\CCCC(=O)OC(C)C.O=CC1CCCC1F. The average molecular weight is 286 g/mol. The van der Waals surface area contributed by atoms with Crippen molar-refractivity contribution in [3.63, 3.8) is 0 Å². The minimum atomic E-state index is -0.840. The van der Waals surface area contributed by atoms with Crippen molar-refractivity contribution in [3.8, 4) is 0 Å². The van der Waals surface area contributed by atoms with E-state index in [1.165, 1.54) is 0 Å². The Morgan fingerprint density at radius 2 is 2.10 bits per heavy atom. The molecule has 0 aromatic rings. The summed E-state index contributed by atoms with van der Waals surface area (Å²) in [5.41, 5.74) is 0. The van der Waals surface area contributed by atoms with Crippen LogP contribution in [0.3, 0.4) is 0 Å². The van der Waals surface area contributed by atoms with E-state index in [4.69, 9.17) is 4.74 Å². The van der Waals surface area contributed by atoms with Crippen molar-refractivity contribution in [2.45, 2.75) is 71.6 Å². The molecule has 3 nitrogen and oxygen atoms in total. The fourth-order valence-electron chi connectivity index (χ4n) is 1.95. The molecule has 0 N–H and O–H groups in total. The summed E-state index contributed by atoms with van der Waals surface area (Å²) in [6.45, 7) is 5.71. The lowest BCUT2D eigenvalue weighted by molar-refractivity contribution is -0.147. The first-order valence-electron chi connectivity index (χ1n) is 7.41. The van der Waals surface area contributed by atoms with E-state index in [0.29, 0.717) is 12.8 Å². The zero-order chi connectivity index (χ0) is 15.4. The maximum absolute atomic E-state index is 12.4. The third-order valence-corrected chi connectivity index (χ3v) is 3.01. The number of ether oxygens (including phenoxy) is 1. The second-order valence-electron chi connectivity index (χ2n) is 5.25. The monoisotopic (exact) mass is 286 g/mol. The van der Waals surface area contributed by atoms with Gasteiger partial charge in [-0.25, -0.2) is 4.39 Å². The fourth-order valence-corrected chi connectivity index (χ4v) is 1.95. The maximum Gasteiger partial charge on any atom is 0.306 e. The van der Waals surface area contributed by atoms with Crippen LogP contribution in [0, 0.1) is 5.92 Å². The molecule has 1 saturated carbocycles. The van der Waals surface area contributed by atoms with Gasteiger partial charge in [-0.3, -0.25) is 4.79 Å². The Hall–Kier alpha value is -1.19. The second-order valence-corrected chi connectivity index (χ2v) is 5.25. The van der Waals surface area contributed by atoms with Crippen LogP contribution in [-0.4, -0.2) is 24.5 Å². The number of aldehydes is 1. The van der Waals surface area contributed by atoms with Crippen molar-refractivity contribution in [1.29, 1.82) is 0 Å². The van der Waals surface area contributed by atoms with Crippen molar-refractivity contribution in [1.82, 2.24) is 0 Å². The van der Waals surface area contributed by atoms with Crippen molar-refractivity contribution in [3.05, 3.63) is 12.2 Å². The number of unbranched alkanes of at least 4 members (excludes halogenated alkanes) is 1. The summed E-state index contributed by atoms with van der Waals surface area (Å²) in [5.74, 6) is -0.371. The number of halogens is 1. The molecule has 2 atom stereocenters. The van der Waals surface area contributed by atoms with Gasteiger partial charge in [0.05, 0.1) is 6.10 Å². The Labute approximate surface area is 121 Å². The number of rotatable bonds is 6. The lowest BCUT2D eigenvalue weighted by Gasteiger charge is -2.06. The zero-order valence-electron chi connectivity index (χ0n) is 12.8. The van der Waals surface area contributed by atoms with E-state index >= 15 is 0 Å². The maximum atomic E-state index is 12.4. The van der Waals surface area contributed by atoms with Gasteiger partial charge in [0.2, 0.25) is 0 Å². The van der Waals surface area contributed by atoms with E-state index in [-0.39, 0.29) is 18.0 Å². The molecule has 0 amide bonds. The average Bonchev–Trinajstić information content (AvgIpc) is 2.80. The second kappa shape index (κ2) is 11.6. The van der Waals surface area contributed by atoms with Gasteiger partial charge in [-0.1, -0.05) is 12.2 Å². The van der Waals surface area contributed by atoms with E-state index in [1.807, 2.05) is 26.8 Å². The smallest absolute Gasteiger partial charge is 0.306 e. The quantitative estimate of drug-likeness (QED) is 0.321. The summed E-state index contributed by atoms with van der Waals surface area (Å²) in [4.78, 5) is 20.9. The van der Waals surface area contributed by atoms with E-state index in [2.05, 4.69) is 6.08 Å². The van der Waals surface area contributed by atoms with E-state index in [1.54, 1.807) is 0 Å². The summed E-state index contributed by atoms with van der Waals surface area (Å²) in [6, 6.07) is 0.